The van der Waals surface area contributed by atoms with Gasteiger partial charge in [-0.3, -0.25) is 4.79 Å². The first-order valence-corrected chi connectivity index (χ1v) is 7.65. The predicted molar refractivity (Wildman–Crippen MR) is 90.1 cm³/mol. The first-order chi connectivity index (χ1) is 11.1. The highest BCUT2D eigenvalue weighted by Crippen LogP contribution is 2.15. The highest BCUT2D eigenvalue weighted by Gasteiger charge is 2.19. The van der Waals surface area contributed by atoms with Crippen LogP contribution in [-0.2, 0) is 6.54 Å². The fourth-order valence-corrected chi connectivity index (χ4v) is 2.54. The fraction of sp³-hybridized carbons (Fsp3) is 0.150. The average molecular weight is 303 g/mol. The molecule has 0 aliphatic carbocycles. The van der Waals surface area contributed by atoms with Gasteiger partial charge in [0.15, 0.2) is 6.20 Å². The summed E-state index contributed by atoms with van der Waals surface area (Å²) in [7, 11) is 0. The molecule has 0 amide bonds. The van der Waals surface area contributed by atoms with Gasteiger partial charge in [0.1, 0.15) is 5.69 Å². The zero-order chi connectivity index (χ0) is 16.2. The van der Waals surface area contributed by atoms with Gasteiger partial charge >= 0.3 is 0 Å². The van der Waals surface area contributed by atoms with Crippen molar-refractivity contribution in [2.75, 3.05) is 0 Å². The summed E-state index contributed by atoms with van der Waals surface area (Å²) in [6, 6.07) is 17.5. The molecule has 2 heterocycles. The maximum atomic E-state index is 12.5. The first kappa shape index (κ1) is 15.1. The van der Waals surface area contributed by atoms with E-state index in [1.54, 1.807) is 6.20 Å². The number of carbonyl (C=O) groups is 1. The highest BCUT2D eigenvalue weighted by atomic mass is 16.1. The van der Waals surface area contributed by atoms with Gasteiger partial charge in [-0.05, 0) is 37.1 Å². The molecule has 3 aromatic rings. The maximum absolute atomic E-state index is 12.5. The van der Waals surface area contributed by atoms with Gasteiger partial charge in [0.2, 0.25) is 18.0 Å². The van der Waals surface area contributed by atoms with Gasteiger partial charge in [0, 0.05) is 23.9 Å². The number of aryl methyl sites for hydroxylation is 2. The summed E-state index contributed by atoms with van der Waals surface area (Å²) in [5.74, 6) is 0.0911. The van der Waals surface area contributed by atoms with Crippen LogP contribution in [0.25, 0.3) is 11.4 Å². The monoisotopic (exact) mass is 303 g/mol. The Bertz CT molecular complexity index is 841. The Hall–Kier alpha value is -2.81. The molecular formula is C20H19N2O+. The Morgan fingerprint density at radius 1 is 1.00 bits per heavy atom. The smallest absolute Gasteiger partial charge is 0.231 e. The van der Waals surface area contributed by atoms with Crippen LogP contribution >= 0.6 is 0 Å². The zero-order valence-corrected chi connectivity index (χ0v) is 13.4. The van der Waals surface area contributed by atoms with Crippen LogP contribution in [0.1, 0.15) is 21.5 Å². The molecule has 0 saturated carbocycles. The molecule has 114 valence electrons. The van der Waals surface area contributed by atoms with E-state index < -0.39 is 0 Å². The summed E-state index contributed by atoms with van der Waals surface area (Å²) in [6.45, 7) is 4.39. The third-order valence-corrected chi connectivity index (χ3v) is 3.78. The normalized spacial score (nSPS) is 10.5. The van der Waals surface area contributed by atoms with E-state index in [0.717, 1.165) is 28.1 Å². The van der Waals surface area contributed by atoms with Crippen LogP contribution in [0, 0.1) is 13.8 Å². The van der Waals surface area contributed by atoms with Crippen LogP contribution in [0.15, 0.2) is 67.0 Å². The second kappa shape index (κ2) is 6.53. The number of aromatic nitrogens is 2. The number of benzene rings is 1. The lowest BCUT2D eigenvalue weighted by Gasteiger charge is -2.05. The van der Waals surface area contributed by atoms with E-state index in [-0.39, 0.29) is 5.78 Å². The van der Waals surface area contributed by atoms with E-state index in [2.05, 4.69) is 11.1 Å². The lowest BCUT2D eigenvalue weighted by atomic mass is 10.1. The zero-order valence-electron chi connectivity index (χ0n) is 13.4. The van der Waals surface area contributed by atoms with Crippen LogP contribution in [0.5, 0.6) is 0 Å². The lowest BCUT2D eigenvalue weighted by Crippen LogP contribution is -2.40. The molecule has 0 unspecified atom stereocenters. The SMILES string of the molecule is Cc1ccnc(-c2cc(C)cc[n+]2CC(=O)c2ccccc2)c1. The topological polar surface area (TPSA) is 33.8 Å². The number of hydrogen-bond acceptors (Lipinski definition) is 2. The first-order valence-electron chi connectivity index (χ1n) is 7.65. The number of hydrogen-bond donors (Lipinski definition) is 0. The minimum absolute atomic E-state index is 0.0911. The van der Waals surface area contributed by atoms with Crippen molar-refractivity contribution in [2.24, 2.45) is 0 Å². The third-order valence-electron chi connectivity index (χ3n) is 3.78. The third kappa shape index (κ3) is 3.51. The van der Waals surface area contributed by atoms with Crippen molar-refractivity contribution in [3.8, 4) is 11.4 Å². The second-order valence-electron chi connectivity index (χ2n) is 5.72. The number of rotatable bonds is 4. The van der Waals surface area contributed by atoms with Gasteiger partial charge in [-0.25, -0.2) is 4.98 Å². The Morgan fingerprint density at radius 3 is 2.48 bits per heavy atom. The Morgan fingerprint density at radius 2 is 1.74 bits per heavy atom. The Balaban J connectivity index is 1.98. The van der Waals surface area contributed by atoms with Crippen LogP contribution in [0.3, 0.4) is 0 Å². The van der Waals surface area contributed by atoms with E-state index in [1.807, 2.05) is 73.1 Å². The number of Topliss-reactive ketones (excluding diaryl/α,β-unsaturated/α-hetero) is 1. The van der Waals surface area contributed by atoms with Crippen molar-refractivity contribution in [1.29, 1.82) is 0 Å². The molecule has 0 atom stereocenters. The number of carbonyl (C=O) groups excluding carboxylic acids is 1. The molecule has 3 heteroatoms. The number of nitrogens with zero attached hydrogens (tertiary/aromatic N) is 2. The maximum Gasteiger partial charge on any atom is 0.231 e. The van der Waals surface area contributed by atoms with Gasteiger partial charge in [0.25, 0.3) is 0 Å². The van der Waals surface area contributed by atoms with Gasteiger partial charge in [-0.2, -0.15) is 4.57 Å². The Kier molecular flexibility index (Phi) is 4.29. The van der Waals surface area contributed by atoms with Crippen molar-refractivity contribution in [1.82, 2.24) is 4.98 Å². The summed E-state index contributed by atoms with van der Waals surface area (Å²) in [4.78, 5) is 17.0. The Labute approximate surface area is 136 Å². The van der Waals surface area contributed by atoms with Crippen LogP contribution in [-0.4, -0.2) is 10.8 Å². The summed E-state index contributed by atoms with van der Waals surface area (Å²) >= 11 is 0. The van der Waals surface area contributed by atoms with Crippen molar-refractivity contribution in [2.45, 2.75) is 20.4 Å². The molecule has 0 radical (unpaired) electrons. The summed E-state index contributed by atoms with van der Waals surface area (Å²) < 4.78 is 1.96. The van der Waals surface area contributed by atoms with E-state index in [0.29, 0.717) is 6.54 Å². The molecule has 0 bridgehead atoms. The lowest BCUT2D eigenvalue weighted by molar-refractivity contribution is -0.672. The highest BCUT2D eigenvalue weighted by molar-refractivity contribution is 5.95. The molecule has 0 aliphatic heterocycles. The number of pyridine rings is 2. The molecule has 0 N–H and O–H groups in total. The molecular weight excluding hydrogens is 284 g/mol. The average Bonchev–Trinajstić information content (AvgIpc) is 2.57. The predicted octanol–water partition coefficient (Wildman–Crippen LogP) is 3.54. The van der Waals surface area contributed by atoms with Gasteiger partial charge in [0.05, 0.1) is 0 Å². The van der Waals surface area contributed by atoms with Gasteiger partial charge < -0.3 is 0 Å². The van der Waals surface area contributed by atoms with Crippen LogP contribution < -0.4 is 4.57 Å². The van der Waals surface area contributed by atoms with Gasteiger partial charge in [-0.15, -0.1) is 0 Å². The molecule has 3 rings (SSSR count). The molecule has 0 aliphatic rings. The second-order valence-corrected chi connectivity index (χ2v) is 5.72. The number of ketones is 1. The van der Waals surface area contributed by atoms with Crippen molar-refractivity contribution in [3.05, 3.63) is 83.7 Å². The van der Waals surface area contributed by atoms with Crippen LogP contribution in [0.4, 0.5) is 0 Å². The standard InChI is InChI=1S/C20H19N2O/c1-15-8-10-21-18(12-15)19-13-16(2)9-11-22(19)14-20(23)17-6-4-3-5-7-17/h3-13H,14H2,1-2H3/q+1. The largest absolute Gasteiger partial charge is 0.287 e. The summed E-state index contributed by atoms with van der Waals surface area (Å²) in [5, 5.41) is 0. The molecule has 2 aromatic heterocycles. The molecule has 23 heavy (non-hydrogen) atoms. The van der Waals surface area contributed by atoms with E-state index in [9.17, 15) is 4.79 Å². The van der Waals surface area contributed by atoms with E-state index >= 15 is 0 Å². The summed E-state index contributed by atoms with van der Waals surface area (Å²) in [6.07, 6.45) is 3.76. The minimum Gasteiger partial charge on any atom is -0.287 e. The van der Waals surface area contributed by atoms with Crippen molar-refractivity contribution >= 4 is 5.78 Å². The minimum atomic E-state index is 0.0911. The van der Waals surface area contributed by atoms with E-state index in [4.69, 9.17) is 0 Å². The fourth-order valence-electron chi connectivity index (χ4n) is 2.54. The van der Waals surface area contributed by atoms with Crippen molar-refractivity contribution in [3.63, 3.8) is 0 Å². The summed E-state index contributed by atoms with van der Waals surface area (Å²) in [5.41, 5.74) is 4.86. The molecule has 0 spiro atoms. The quantitative estimate of drug-likeness (QED) is 0.546. The molecule has 0 fully saturated rings. The molecule has 3 nitrogen and oxygen atoms in total. The van der Waals surface area contributed by atoms with Crippen molar-refractivity contribution < 1.29 is 9.36 Å². The van der Waals surface area contributed by atoms with Gasteiger partial charge in [-0.1, -0.05) is 30.3 Å². The van der Waals surface area contributed by atoms with Crippen LogP contribution in [0.2, 0.25) is 0 Å². The molecule has 1 aromatic carbocycles. The molecule has 0 saturated heterocycles. The van der Waals surface area contributed by atoms with E-state index in [1.165, 1.54) is 0 Å².